The molecule has 7 heteroatoms. The minimum absolute atomic E-state index is 0.0326. The van der Waals surface area contributed by atoms with Crippen LogP contribution >= 0.6 is 0 Å². The van der Waals surface area contributed by atoms with Gasteiger partial charge in [-0.05, 0) is 62.4 Å². The molecular formula is C22H26N4O3. The van der Waals surface area contributed by atoms with Gasteiger partial charge in [0.1, 0.15) is 17.9 Å². The molecule has 1 unspecified atom stereocenters. The molecule has 4 rings (SSSR count). The minimum atomic E-state index is -0.0326. The van der Waals surface area contributed by atoms with E-state index in [1.807, 2.05) is 38.1 Å². The number of amides is 1. The largest absolute Gasteiger partial charge is 0.497 e. The fraction of sp³-hybridized carbons (Fsp3) is 0.409. The van der Waals surface area contributed by atoms with Crippen molar-refractivity contribution in [3.05, 3.63) is 41.9 Å². The molecule has 0 aliphatic carbocycles. The van der Waals surface area contributed by atoms with Gasteiger partial charge in [0.2, 0.25) is 5.91 Å². The summed E-state index contributed by atoms with van der Waals surface area (Å²) in [6.45, 7) is 5.53. The lowest BCUT2D eigenvalue weighted by molar-refractivity contribution is -0.118. The highest BCUT2D eigenvalue weighted by Gasteiger charge is 2.21. The monoisotopic (exact) mass is 394 g/mol. The zero-order valence-electron chi connectivity index (χ0n) is 17.1. The number of hydrogen-bond acceptors (Lipinski definition) is 5. The van der Waals surface area contributed by atoms with Crippen molar-refractivity contribution in [2.75, 3.05) is 25.6 Å². The van der Waals surface area contributed by atoms with E-state index in [1.54, 1.807) is 7.11 Å². The molecule has 1 amide bonds. The molecule has 0 spiro atoms. The Kier molecular flexibility index (Phi) is 5.49. The maximum absolute atomic E-state index is 12.6. The number of hydrogen-bond donors (Lipinski definition) is 1. The highest BCUT2D eigenvalue weighted by Crippen LogP contribution is 2.32. The van der Waals surface area contributed by atoms with Crippen molar-refractivity contribution in [2.45, 2.75) is 33.1 Å². The number of nitrogens with zero attached hydrogens (tertiary/aromatic N) is 3. The standard InChI is InChI=1S/C22H26N4O3/c1-14-15(2)26(17-6-8-18(28-3)9-7-17)22-20(14)21(23-13-24-22)25-19(27)11-16-5-4-10-29-12-16/h6-9,13,16H,4-5,10-12H2,1-3H3,(H,23,24,25,27). The summed E-state index contributed by atoms with van der Waals surface area (Å²) in [6.07, 6.45) is 3.99. The lowest BCUT2D eigenvalue weighted by Crippen LogP contribution is -2.23. The molecule has 0 radical (unpaired) electrons. The number of aromatic nitrogens is 3. The summed E-state index contributed by atoms with van der Waals surface area (Å²) in [5.41, 5.74) is 3.86. The van der Waals surface area contributed by atoms with E-state index in [0.717, 1.165) is 53.2 Å². The molecule has 1 saturated heterocycles. The Hall–Kier alpha value is -2.93. The Morgan fingerprint density at radius 1 is 1.28 bits per heavy atom. The smallest absolute Gasteiger partial charge is 0.225 e. The molecule has 2 aromatic heterocycles. The fourth-order valence-corrected chi connectivity index (χ4v) is 3.95. The normalized spacial score (nSPS) is 16.7. The first-order valence-electron chi connectivity index (χ1n) is 9.93. The van der Waals surface area contributed by atoms with Crippen LogP contribution < -0.4 is 10.1 Å². The number of methoxy groups -OCH3 is 1. The molecule has 3 aromatic rings. The van der Waals surface area contributed by atoms with Crippen LogP contribution in [0.25, 0.3) is 16.7 Å². The molecule has 1 aliphatic heterocycles. The van der Waals surface area contributed by atoms with Crippen molar-refractivity contribution in [3.63, 3.8) is 0 Å². The van der Waals surface area contributed by atoms with Gasteiger partial charge in [-0.15, -0.1) is 0 Å². The number of nitrogens with one attached hydrogen (secondary N) is 1. The first kappa shape index (κ1) is 19.4. The molecule has 152 valence electrons. The van der Waals surface area contributed by atoms with Crippen LogP contribution in [0.15, 0.2) is 30.6 Å². The SMILES string of the molecule is COc1ccc(-n2c(C)c(C)c3c(NC(=O)CC4CCCOC4)ncnc32)cc1. The van der Waals surface area contributed by atoms with Gasteiger partial charge in [-0.1, -0.05) is 0 Å². The minimum Gasteiger partial charge on any atom is -0.497 e. The molecule has 1 atom stereocenters. The number of carbonyl (C=O) groups excluding carboxylic acids is 1. The van der Waals surface area contributed by atoms with Crippen LogP contribution in [0.5, 0.6) is 5.75 Å². The van der Waals surface area contributed by atoms with Crippen LogP contribution in [0, 0.1) is 19.8 Å². The van der Waals surface area contributed by atoms with E-state index in [2.05, 4.69) is 19.9 Å². The van der Waals surface area contributed by atoms with E-state index >= 15 is 0 Å². The third kappa shape index (κ3) is 3.82. The van der Waals surface area contributed by atoms with Crippen LogP contribution in [0.1, 0.15) is 30.5 Å². The van der Waals surface area contributed by atoms with Gasteiger partial charge < -0.3 is 14.8 Å². The third-order valence-corrected chi connectivity index (χ3v) is 5.61. The Morgan fingerprint density at radius 2 is 2.07 bits per heavy atom. The molecule has 1 aromatic carbocycles. The van der Waals surface area contributed by atoms with E-state index in [1.165, 1.54) is 6.33 Å². The topological polar surface area (TPSA) is 78.3 Å². The maximum atomic E-state index is 12.6. The summed E-state index contributed by atoms with van der Waals surface area (Å²) in [6, 6.07) is 7.83. The number of benzene rings is 1. The number of ether oxygens (including phenoxy) is 2. The molecule has 1 N–H and O–H groups in total. The Labute approximate surface area is 170 Å². The molecule has 29 heavy (non-hydrogen) atoms. The van der Waals surface area contributed by atoms with Gasteiger partial charge in [0.05, 0.1) is 12.5 Å². The summed E-state index contributed by atoms with van der Waals surface area (Å²) in [5, 5.41) is 3.87. The van der Waals surface area contributed by atoms with Gasteiger partial charge in [-0.3, -0.25) is 9.36 Å². The number of fused-ring (bicyclic) bond motifs is 1. The lowest BCUT2D eigenvalue weighted by atomic mass is 9.98. The van der Waals surface area contributed by atoms with E-state index in [0.29, 0.717) is 18.8 Å². The summed E-state index contributed by atoms with van der Waals surface area (Å²) >= 11 is 0. The third-order valence-electron chi connectivity index (χ3n) is 5.61. The summed E-state index contributed by atoms with van der Waals surface area (Å²) in [7, 11) is 1.65. The zero-order valence-corrected chi connectivity index (χ0v) is 17.1. The molecule has 1 fully saturated rings. The fourth-order valence-electron chi connectivity index (χ4n) is 3.95. The Balaban J connectivity index is 1.66. The van der Waals surface area contributed by atoms with Gasteiger partial charge >= 0.3 is 0 Å². The van der Waals surface area contributed by atoms with Crippen LogP contribution in [0.3, 0.4) is 0 Å². The van der Waals surface area contributed by atoms with E-state index in [4.69, 9.17) is 9.47 Å². The van der Waals surface area contributed by atoms with Gasteiger partial charge in [0, 0.05) is 31.0 Å². The predicted octanol–water partition coefficient (Wildman–Crippen LogP) is 3.80. The van der Waals surface area contributed by atoms with Gasteiger partial charge in [0.25, 0.3) is 0 Å². The highest BCUT2D eigenvalue weighted by molar-refractivity contribution is 6.01. The molecule has 7 nitrogen and oxygen atoms in total. The molecule has 3 heterocycles. The summed E-state index contributed by atoms with van der Waals surface area (Å²) in [5.74, 6) is 1.60. The van der Waals surface area contributed by atoms with Crippen LogP contribution in [-0.4, -0.2) is 40.8 Å². The van der Waals surface area contributed by atoms with Crippen molar-refractivity contribution in [2.24, 2.45) is 5.92 Å². The van der Waals surface area contributed by atoms with Crippen LogP contribution in [0.2, 0.25) is 0 Å². The number of rotatable bonds is 5. The number of aryl methyl sites for hydroxylation is 1. The van der Waals surface area contributed by atoms with Gasteiger partial charge in [-0.25, -0.2) is 9.97 Å². The van der Waals surface area contributed by atoms with Crippen LogP contribution in [-0.2, 0) is 9.53 Å². The second kappa shape index (κ2) is 8.21. The Morgan fingerprint density at radius 3 is 2.76 bits per heavy atom. The van der Waals surface area contributed by atoms with Crippen molar-refractivity contribution < 1.29 is 14.3 Å². The molecule has 0 saturated carbocycles. The number of anilines is 1. The highest BCUT2D eigenvalue weighted by atomic mass is 16.5. The summed E-state index contributed by atoms with van der Waals surface area (Å²) in [4.78, 5) is 21.5. The van der Waals surface area contributed by atoms with E-state index < -0.39 is 0 Å². The van der Waals surface area contributed by atoms with Crippen molar-refractivity contribution in [1.29, 1.82) is 0 Å². The van der Waals surface area contributed by atoms with E-state index in [-0.39, 0.29) is 11.8 Å². The lowest BCUT2D eigenvalue weighted by Gasteiger charge is -2.21. The second-order valence-corrected chi connectivity index (χ2v) is 7.50. The van der Waals surface area contributed by atoms with Crippen LogP contribution in [0.4, 0.5) is 5.82 Å². The Bertz CT molecular complexity index is 1020. The van der Waals surface area contributed by atoms with Crippen molar-refractivity contribution in [3.8, 4) is 11.4 Å². The van der Waals surface area contributed by atoms with Crippen molar-refractivity contribution >= 4 is 22.8 Å². The quantitative estimate of drug-likeness (QED) is 0.712. The van der Waals surface area contributed by atoms with Crippen molar-refractivity contribution in [1.82, 2.24) is 14.5 Å². The van der Waals surface area contributed by atoms with Gasteiger partial charge in [-0.2, -0.15) is 0 Å². The first-order chi connectivity index (χ1) is 14.1. The average Bonchev–Trinajstić information content (AvgIpc) is 3.00. The average molecular weight is 394 g/mol. The molecular weight excluding hydrogens is 368 g/mol. The molecule has 0 bridgehead atoms. The second-order valence-electron chi connectivity index (χ2n) is 7.50. The molecule has 1 aliphatic rings. The number of carbonyl (C=O) groups is 1. The zero-order chi connectivity index (χ0) is 20.4. The summed E-state index contributed by atoms with van der Waals surface area (Å²) < 4.78 is 12.8. The first-order valence-corrected chi connectivity index (χ1v) is 9.93. The van der Waals surface area contributed by atoms with E-state index in [9.17, 15) is 4.79 Å². The van der Waals surface area contributed by atoms with Gasteiger partial charge in [0.15, 0.2) is 5.65 Å². The predicted molar refractivity (Wildman–Crippen MR) is 112 cm³/mol. The maximum Gasteiger partial charge on any atom is 0.225 e.